The third kappa shape index (κ3) is 4.74. The van der Waals surface area contributed by atoms with Crippen LogP contribution in [-0.4, -0.2) is 18.9 Å². The van der Waals surface area contributed by atoms with E-state index in [4.69, 9.17) is 15.2 Å². The van der Waals surface area contributed by atoms with Gasteiger partial charge in [-0.05, 0) is 24.1 Å². The highest BCUT2D eigenvalue weighted by molar-refractivity contribution is 6.03. The topological polar surface area (TPSA) is 85.9 Å². The Bertz CT molecular complexity index is 715. The van der Waals surface area contributed by atoms with E-state index in [9.17, 15) is 4.79 Å². The molecule has 0 bridgehead atoms. The second kappa shape index (κ2) is 8.57. The largest absolute Gasteiger partial charge is 0.496 e. The van der Waals surface area contributed by atoms with Crippen LogP contribution in [0.3, 0.4) is 0 Å². The van der Waals surface area contributed by atoms with E-state index in [2.05, 4.69) is 10.5 Å². The summed E-state index contributed by atoms with van der Waals surface area (Å²) < 4.78 is 11.2. The van der Waals surface area contributed by atoms with Crippen molar-refractivity contribution < 1.29 is 14.3 Å². The molecule has 2 rings (SSSR count). The molecule has 0 aliphatic heterocycles. The average molecular weight is 327 g/mol. The Morgan fingerprint density at radius 3 is 2.58 bits per heavy atom. The van der Waals surface area contributed by atoms with Crippen LogP contribution in [0.1, 0.15) is 24.5 Å². The zero-order valence-corrected chi connectivity index (χ0v) is 13.8. The number of nitrogens with two attached hydrogens (primary N) is 1. The molecule has 0 aliphatic carbocycles. The molecule has 2 aromatic rings. The van der Waals surface area contributed by atoms with Crippen LogP contribution in [0.15, 0.2) is 53.6 Å². The number of carbonyl (C=O) groups is 1. The van der Waals surface area contributed by atoms with Gasteiger partial charge in [0.15, 0.2) is 0 Å². The fraction of sp³-hybridized carbons (Fsp3) is 0.222. The minimum atomic E-state index is -0.706. The maximum Gasteiger partial charge on any atom is 0.332 e. The predicted octanol–water partition coefficient (Wildman–Crippen LogP) is 3.06. The van der Waals surface area contributed by atoms with E-state index in [1.165, 1.54) is 0 Å². The van der Waals surface area contributed by atoms with Gasteiger partial charge in [0.05, 0.1) is 12.8 Å². The molecule has 24 heavy (non-hydrogen) atoms. The molecular weight excluding hydrogens is 306 g/mol. The monoisotopic (exact) mass is 327 g/mol. The van der Waals surface area contributed by atoms with Gasteiger partial charge in [-0.1, -0.05) is 37.3 Å². The molecule has 0 spiro atoms. The Hall–Kier alpha value is -3.02. The van der Waals surface area contributed by atoms with Gasteiger partial charge in [-0.2, -0.15) is 5.10 Å². The van der Waals surface area contributed by atoms with E-state index in [1.54, 1.807) is 13.2 Å². The molecule has 0 fully saturated rings. The van der Waals surface area contributed by atoms with Crippen LogP contribution in [0.25, 0.3) is 0 Å². The van der Waals surface area contributed by atoms with Crippen molar-refractivity contribution >= 4 is 11.7 Å². The molecule has 2 aromatic carbocycles. The number of urea groups is 1. The van der Waals surface area contributed by atoms with Crippen molar-refractivity contribution in [1.82, 2.24) is 5.43 Å². The standard InChI is InChI=1S/C18H21N3O3/c1-3-16(20-21-18(19)22)15-10-9-14(11-17(15)23-2)24-12-13-7-5-4-6-8-13/h4-11H,3,12H2,1-2H3,(H3,19,21,22). The zero-order chi connectivity index (χ0) is 17.4. The lowest BCUT2D eigenvalue weighted by atomic mass is 10.1. The molecule has 6 heteroatoms. The molecule has 0 unspecified atom stereocenters. The summed E-state index contributed by atoms with van der Waals surface area (Å²) in [5.41, 5.74) is 9.83. The fourth-order valence-corrected chi connectivity index (χ4v) is 2.19. The first-order chi connectivity index (χ1) is 11.6. The van der Waals surface area contributed by atoms with Gasteiger partial charge in [-0.25, -0.2) is 10.2 Å². The number of ether oxygens (including phenoxy) is 2. The van der Waals surface area contributed by atoms with Gasteiger partial charge in [0.2, 0.25) is 0 Å². The number of rotatable bonds is 7. The van der Waals surface area contributed by atoms with Crippen LogP contribution < -0.4 is 20.6 Å². The molecule has 0 aliphatic rings. The number of hydrogen-bond donors (Lipinski definition) is 2. The average Bonchev–Trinajstić information content (AvgIpc) is 2.61. The number of methoxy groups -OCH3 is 1. The van der Waals surface area contributed by atoms with Gasteiger partial charge in [0.25, 0.3) is 0 Å². The first kappa shape index (κ1) is 17.3. The van der Waals surface area contributed by atoms with E-state index in [-0.39, 0.29) is 0 Å². The SMILES string of the molecule is CCC(=NNC(N)=O)c1ccc(OCc2ccccc2)cc1OC. The summed E-state index contributed by atoms with van der Waals surface area (Å²) in [6.07, 6.45) is 0.612. The van der Waals surface area contributed by atoms with Gasteiger partial charge in [0.1, 0.15) is 18.1 Å². The normalized spacial score (nSPS) is 11.0. The van der Waals surface area contributed by atoms with Crippen LogP contribution in [0.5, 0.6) is 11.5 Å². The molecule has 0 saturated carbocycles. The Morgan fingerprint density at radius 1 is 1.21 bits per heavy atom. The maximum atomic E-state index is 10.8. The maximum absolute atomic E-state index is 10.8. The minimum Gasteiger partial charge on any atom is -0.496 e. The third-order valence-corrected chi connectivity index (χ3v) is 3.37. The van der Waals surface area contributed by atoms with Crippen molar-refractivity contribution in [2.24, 2.45) is 10.8 Å². The lowest BCUT2D eigenvalue weighted by Gasteiger charge is -2.13. The number of carbonyl (C=O) groups excluding carboxylic acids is 1. The number of benzene rings is 2. The van der Waals surface area contributed by atoms with Crippen molar-refractivity contribution in [3.8, 4) is 11.5 Å². The zero-order valence-electron chi connectivity index (χ0n) is 13.8. The number of hydrazone groups is 1. The second-order valence-electron chi connectivity index (χ2n) is 5.02. The van der Waals surface area contributed by atoms with Gasteiger partial charge in [-0.15, -0.1) is 0 Å². The summed E-state index contributed by atoms with van der Waals surface area (Å²) >= 11 is 0. The first-order valence-electron chi connectivity index (χ1n) is 7.61. The van der Waals surface area contributed by atoms with Crippen LogP contribution in [0, 0.1) is 0 Å². The van der Waals surface area contributed by atoms with Crippen molar-refractivity contribution in [3.05, 3.63) is 59.7 Å². The van der Waals surface area contributed by atoms with Crippen LogP contribution >= 0.6 is 0 Å². The second-order valence-corrected chi connectivity index (χ2v) is 5.02. The quantitative estimate of drug-likeness (QED) is 0.605. The van der Waals surface area contributed by atoms with E-state index in [0.717, 1.165) is 11.1 Å². The van der Waals surface area contributed by atoms with E-state index in [1.807, 2.05) is 49.4 Å². The molecule has 0 aromatic heterocycles. The van der Waals surface area contributed by atoms with Gasteiger partial charge >= 0.3 is 6.03 Å². The summed E-state index contributed by atoms with van der Waals surface area (Å²) in [5, 5.41) is 4.02. The molecule has 0 saturated heterocycles. The molecule has 3 N–H and O–H groups in total. The highest BCUT2D eigenvalue weighted by Gasteiger charge is 2.11. The molecule has 6 nitrogen and oxygen atoms in total. The number of primary amides is 1. The number of amides is 2. The highest BCUT2D eigenvalue weighted by atomic mass is 16.5. The summed E-state index contributed by atoms with van der Waals surface area (Å²) in [6, 6.07) is 14.7. The molecule has 0 radical (unpaired) electrons. The van der Waals surface area contributed by atoms with Crippen molar-refractivity contribution in [1.29, 1.82) is 0 Å². The van der Waals surface area contributed by atoms with Crippen LogP contribution in [-0.2, 0) is 6.61 Å². The molecule has 126 valence electrons. The Labute approximate surface area is 141 Å². The Balaban J connectivity index is 2.17. The summed E-state index contributed by atoms with van der Waals surface area (Å²) in [7, 11) is 1.58. The lowest BCUT2D eigenvalue weighted by molar-refractivity contribution is 0.249. The van der Waals surface area contributed by atoms with Gasteiger partial charge < -0.3 is 15.2 Å². The Kier molecular flexibility index (Phi) is 6.19. The van der Waals surface area contributed by atoms with E-state index >= 15 is 0 Å². The van der Waals surface area contributed by atoms with Crippen molar-refractivity contribution in [3.63, 3.8) is 0 Å². The van der Waals surface area contributed by atoms with Crippen molar-refractivity contribution in [2.75, 3.05) is 7.11 Å². The number of nitrogens with one attached hydrogen (secondary N) is 1. The number of hydrogen-bond acceptors (Lipinski definition) is 4. The predicted molar refractivity (Wildman–Crippen MR) is 93.3 cm³/mol. The third-order valence-electron chi connectivity index (χ3n) is 3.37. The summed E-state index contributed by atoms with van der Waals surface area (Å²) in [5.74, 6) is 1.31. The molecular formula is C18H21N3O3. The minimum absolute atomic E-state index is 0.474. The fourth-order valence-electron chi connectivity index (χ4n) is 2.19. The van der Waals surface area contributed by atoms with E-state index < -0.39 is 6.03 Å². The number of nitrogens with zero attached hydrogens (tertiary/aromatic N) is 1. The molecule has 0 atom stereocenters. The Morgan fingerprint density at radius 2 is 1.96 bits per heavy atom. The highest BCUT2D eigenvalue weighted by Crippen LogP contribution is 2.26. The van der Waals surface area contributed by atoms with E-state index in [0.29, 0.717) is 30.2 Å². The van der Waals surface area contributed by atoms with Gasteiger partial charge in [-0.3, -0.25) is 0 Å². The van der Waals surface area contributed by atoms with Crippen molar-refractivity contribution in [2.45, 2.75) is 20.0 Å². The summed E-state index contributed by atoms with van der Waals surface area (Å²) in [4.78, 5) is 10.8. The summed E-state index contributed by atoms with van der Waals surface area (Å²) in [6.45, 7) is 2.40. The lowest BCUT2D eigenvalue weighted by Crippen LogP contribution is -2.26. The van der Waals surface area contributed by atoms with Crippen LogP contribution in [0.4, 0.5) is 4.79 Å². The molecule has 0 heterocycles. The first-order valence-corrected chi connectivity index (χ1v) is 7.61. The smallest absolute Gasteiger partial charge is 0.332 e. The van der Waals surface area contributed by atoms with Crippen LogP contribution in [0.2, 0.25) is 0 Å². The van der Waals surface area contributed by atoms with Gasteiger partial charge in [0, 0.05) is 11.6 Å². The molecule has 2 amide bonds.